The summed E-state index contributed by atoms with van der Waals surface area (Å²) in [7, 11) is -3.77. The van der Waals surface area contributed by atoms with Crippen molar-refractivity contribution < 1.29 is 17.9 Å². The largest absolute Gasteiger partial charge is 0.373 e. The van der Waals surface area contributed by atoms with Gasteiger partial charge in [-0.15, -0.1) is 11.3 Å². The van der Waals surface area contributed by atoms with Gasteiger partial charge in [-0.1, -0.05) is 0 Å². The third-order valence-corrected chi connectivity index (χ3v) is 6.60. The smallest absolute Gasteiger partial charge is 0.252 e. The molecule has 2 aliphatic heterocycles. The third kappa shape index (κ3) is 2.37. The van der Waals surface area contributed by atoms with E-state index in [1.807, 2.05) is 0 Å². The molecule has 0 aromatic carbocycles. The van der Waals surface area contributed by atoms with Gasteiger partial charge in [-0.05, 0) is 31.7 Å². The molecule has 0 spiro atoms. The van der Waals surface area contributed by atoms with Gasteiger partial charge in [-0.25, -0.2) is 13.6 Å². The summed E-state index contributed by atoms with van der Waals surface area (Å²) in [6, 6.07) is 0.0264. The lowest BCUT2D eigenvalue weighted by Crippen LogP contribution is -2.41. The van der Waals surface area contributed by atoms with E-state index >= 15 is 0 Å². The first-order valence-electron chi connectivity index (χ1n) is 6.43. The SMILES string of the molecule is Cc1c(C(=O)NC2CC3CCC2O3)csc1S(N)(=O)=O. The highest BCUT2D eigenvalue weighted by atomic mass is 32.2. The van der Waals surface area contributed by atoms with Crippen LogP contribution in [-0.2, 0) is 14.8 Å². The second kappa shape index (κ2) is 4.80. The number of fused-ring (bicyclic) bond motifs is 2. The number of hydrogen-bond donors (Lipinski definition) is 2. The highest BCUT2D eigenvalue weighted by molar-refractivity contribution is 7.91. The van der Waals surface area contributed by atoms with E-state index in [0.717, 1.165) is 30.6 Å². The zero-order chi connectivity index (χ0) is 14.5. The van der Waals surface area contributed by atoms with Gasteiger partial charge in [0.1, 0.15) is 4.21 Å². The molecular formula is C12H16N2O4S2. The highest BCUT2D eigenvalue weighted by Crippen LogP contribution is 2.34. The first-order valence-corrected chi connectivity index (χ1v) is 8.86. The maximum Gasteiger partial charge on any atom is 0.252 e. The summed E-state index contributed by atoms with van der Waals surface area (Å²) < 4.78 is 28.5. The van der Waals surface area contributed by atoms with Crippen LogP contribution in [0.1, 0.15) is 35.2 Å². The first-order chi connectivity index (χ1) is 9.36. The van der Waals surface area contributed by atoms with Gasteiger partial charge in [0.05, 0.1) is 23.8 Å². The monoisotopic (exact) mass is 316 g/mol. The predicted molar refractivity (Wildman–Crippen MR) is 74.2 cm³/mol. The fourth-order valence-electron chi connectivity index (χ4n) is 2.94. The standard InChI is InChI=1S/C12H16N2O4S2/c1-6-8(5-19-12(6)20(13,16)17)11(15)14-9-4-7-2-3-10(9)18-7/h5,7,9-10H,2-4H2,1H3,(H,14,15)(H2,13,16,17). The minimum Gasteiger partial charge on any atom is -0.373 e. The van der Waals surface area contributed by atoms with Crippen molar-refractivity contribution in [2.24, 2.45) is 5.14 Å². The second-order valence-electron chi connectivity index (χ2n) is 5.30. The van der Waals surface area contributed by atoms with Gasteiger partial charge < -0.3 is 10.1 Å². The molecule has 0 saturated carbocycles. The quantitative estimate of drug-likeness (QED) is 0.860. The summed E-state index contributed by atoms with van der Waals surface area (Å²) in [4.78, 5) is 12.2. The van der Waals surface area contributed by atoms with Crippen LogP contribution in [0.3, 0.4) is 0 Å². The molecule has 1 aromatic rings. The molecule has 3 unspecified atom stereocenters. The lowest BCUT2D eigenvalue weighted by Gasteiger charge is -2.19. The summed E-state index contributed by atoms with van der Waals surface area (Å²) in [6.07, 6.45) is 3.22. The van der Waals surface area contributed by atoms with Crippen LogP contribution in [0.5, 0.6) is 0 Å². The molecule has 3 heterocycles. The Labute approximate surface area is 121 Å². The average Bonchev–Trinajstić information content (AvgIpc) is 3.01. The normalized spacial score (nSPS) is 28.8. The number of rotatable bonds is 3. The van der Waals surface area contributed by atoms with Crippen molar-refractivity contribution >= 4 is 27.3 Å². The van der Waals surface area contributed by atoms with E-state index in [-0.39, 0.29) is 28.4 Å². The van der Waals surface area contributed by atoms with Crippen LogP contribution in [0.4, 0.5) is 0 Å². The van der Waals surface area contributed by atoms with Gasteiger partial charge in [-0.2, -0.15) is 0 Å². The number of sulfonamides is 1. The van der Waals surface area contributed by atoms with Gasteiger partial charge in [0, 0.05) is 5.38 Å². The third-order valence-electron chi connectivity index (χ3n) is 3.92. The molecule has 3 N–H and O–H groups in total. The predicted octanol–water partition coefficient (Wildman–Crippen LogP) is 0.754. The first kappa shape index (κ1) is 14.0. The Hall–Kier alpha value is -0.960. The van der Waals surface area contributed by atoms with Crippen LogP contribution < -0.4 is 10.5 Å². The number of amides is 1. The van der Waals surface area contributed by atoms with E-state index < -0.39 is 10.0 Å². The second-order valence-corrected chi connectivity index (χ2v) is 7.93. The van der Waals surface area contributed by atoms with Crippen molar-refractivity contribution in [2.45, 2.75) is 48.6 Å². The van der Waals surface area contributed by atoms with Crippen molar-refractivity contribution in [1.29, 1.82) is 0 Å². The summed E-state index contributed by atoms with van der Waals surface area (Å²) in [5.74, 6) is -0.255. The molecule has 110 valence electrons. The molecule has 1 aromatic heterocycles. The number of primary sulfonamides is 1. The lowest BCUT2D eigenvalue weighted by molar-refractivity contribution is 0.0840. The number of nitrogens with two attached hydrogens (primary N) is 1. The Morgan fingerprint density at radius 3 is 2.75 bits per heavy atom. The van der Waals surface area contributed by atoms with Gasteiger partial charge >= 0.3 is 0 Å². The Bertz CT molecular complexity index is 652. The van der Waals surface area contributed by atoms with E-state index in [1.54, 1.807) is 12.3 Å². The van der Waals surface area contributed by atoms with E-state index in [1.165, 1.54) is 0 Å². The van der Waals surface area contributed by atoms with Crippen LogP contribution in [0.2, 0.25) is 0 Å². The maximum atomic E-state index is 12.2. The average molecular weight is 316 g/mol. The number of carbonyl (C=O) groups is 1. The van der Waals surface area contributed by atoms with Gasteiger partial charge in [0.2, 0.25) is 10.0 Å². The fraction of sp³-hybridized carbons (Fsp3) is 0.583. The van der Waals surface area contributed by atoms with Crippen molar-refractivity contribution in [3.8, 4) is 0 Å². The molecule has 2 fully saturated rings. The Morgan fingerprint density at radius 1 is 1.50 bits per heavy atom. The van der Waals surface area contributed by atoms with Crippen LogP contribution >= 0.6 is 11.3 Å². The molecular weight excluding hydrogens is 300 g/mol. The molecule has 3 rings (SSSR count). The zero-order valence-corrected chi connectivity index (χ0v) is 12.6. The van der Waals surface area contributed by atoms with Crippen molar-refractivity contribution in [3.63, 3.8) is 0 Å². The number of hydrogen-bond acceptors (Lipinski definition) is 5. The van der Waals surface area contributed by atoms with Gasteiger partial charge in [-0.3, -0.25) is 4.79 Å². The summed E-state index contributed by atoms with van der Waals surface area (Å²) in [5.41, 5.74) is 0.792. The fourth-order valence-corrected chi connectivity index (χ4v) is 4.95. The van der Waals surface area contributed by atoms with E-state index in [2.05, 4.69) is 5.32 Å². The number of carbonyl (C=O) groups excluding carboxylic acids is 1. The molecule has 1 amide bonds. The van der Waals surface area contributed by atoms with Gasteiger partial charge in [0.15, 0.2) is 0 Å². The number of nitrogens with one attached hydrogen (secondary N) is 1. The Morgan fingerprint density at radius 2 is 2.25 bits per heavy atom. The Balaban J connectivity index is 1.77. The summed E-state index contributed by atoms with van der Waals surface area (Å²) in [5, 5.41) is 9.59. The van der Waals surface area contributed by atoms with Crippen molar-refractivity contribution in [3.05, 3.63) is 16.5 Å². The molecule has 6 nitrogen and oxygen atoms in total. The lowest BCUT2D eigenvalue weighted by atomic mass is 9.95. The molecule has 2 bridgehead atoms. The number of ether oxygens (including phenoxy) is 1. The van der Waals surface area contributed by atoms with Crippen LogP contribution in [0.15, 0.2) is 9.59 Å². The molecule has 0 radical (unpaired) electrons. The topological polar surface area (TPSA) is 98.5 Å². The van der Waals surface area contributed by atoms with Crippen LogP contribution in [-0.4, -0.2) is 32.6 Å². The van der Waals surface area contributed by atoms with E-state index in [0.29, 0.717) is 11.1 Å². The zero-order valence-electron chi connectivity index (χ0n) is 11.0. The molecule has 2 saturated heterocycles. The van der Waals surface area contributed by atoms with Crippen LogP contribution in [0.25, 0.3) is 0 Å². The van der Waals surface area contributed by atoms with Crippen molar-refractivity contribution in [2.75, 3.05) is 0 Å². The van der Waals surface area contributed by atoms with E-state index in [4.69, 9.17) is 9.88 Å². The summed E-state index contributed by atoms with van der Waals surface area (Å²) in [6.45, 7) is 1.60. The van der Waals surface area contributed by atoms with Gasteiger partial charge in [0.25, 0.3) is 5.91 Å². The van der Waals surface area contributed by atoms with Crippen LogP contribution in [0, 0.1) is 6.92 Å². The van der Waals surface area contributed by atoms with E-state index in [9.17, 15) is 13.2 Å². The molecule has 3 atom stereocenters. The molecule has 0 aliphatic carbocycles. The molecule has 8 heteroatoms. The maximum absolute atomic E-state index is 12.2. The Kier molecular flexibility index (Phi) is 3.36. The van der Waals surface area contributed by atoms with Crippen molar-refractivity contribution in [1.82, 2.24) is 5.32 Å². The molecule has 2 aliphatic rings. The number of thiophene rings is 1. The molecule has 20 heavy (non-hydrogen) atoms. The summed E-state index contributed by atoms with van der Waals surface area (Å²) >= 11 is 0.980. The minimum absolute atomic E-state index is 0.0264. The highest BCUT2D eigenvalue weighted by Gasteiger charge is 2.41. The minimum atomic E-state index is -3.77.